The Morgan fingerprint density at radius 1 is 1.08 bits per heavy atom. The molecular formula is C20H32N2O4. The molecule has 6 nitrogen and oxygen atoms in total. The quantitative estimate of drug-likeness (QED) is 0.731. The summed E-state index contributed by atoms with van der Waals surface area (Å²) in [4.78, 5) is 27.3. The Balaban J connectivity index is 3.00. The van der Waals surface area contributed by atoms with Crippen LogP contribution in [0.3, 0.4) is 0 Å². The third-order valence-corrected chi connectivity index (χ3v) is 4.55. The van der Waals surface area contributed by atoms with Gasteiger partial charge in [0.25, 0.3) is 5.91 Å². The Morgan fingerprint density at radius 3 is 2.04 bits per heavy atom. The van der Waals surface area contributed by atoms with Gasteiger partial charge in [0, 0.05) is 24.7 Å². The molecule has 0 radical (unpaired) electrons. The number of benzene rings is 1. The van der Waals surface area contributed by atoms with Gasteiger partial charge in [0.15, 0.2) is 0 Å². The minimum absolute atomic E-state index is 0.0322. The molecule has 0 heterocycles. The molecule has 0 aliphatic carbocycles. The second-order valence-electron chi connectivity index (χ2n) is 6.88. The lowest BCUT2D eigenvalue weighted by Crippen LogP contribution is -2.52. The molecule has 0 aromatic heterocycles. The number of likely N-dealkylation sites (N-methyl/N-ethyl adjacent to an activating group) is 1. The molecule has 2 unspecified atom stereocenters. The molecule has 1 aromatic rings. The van der Waals surface area contributed by atoms with Crippen molar-refractivity contribution in [1.29, 1.82) is 0 Å². The third-order valence-electron chi connectivity index (χ3n) is 4.55. The molecule has 26 heavy (non-hydrogen) atoms. The van der Waals surface area contributed by atoms with Gasteiger partial charge in [0.2, 0.25) is 5.91 Å². The number of ether oxygens (including phenoxy) is 2. The molecule has 0 spiro atoms. The first kappa shape index (κ1) is 21.8. The highest BCUT2D eigenvalue weighted by Gasteiger charge is 2.29. The third kappa shape index (κ3) is 5.64. The van der Waals surface area contributed by atoms with E-state index in [4.69, 9.17) is 9.47 Å². The van der Waals surface area contributed by atoms with Gasteiger partial charge in [-0.2, -0.15) is 0 Å². The van der Waals surface area contributed by atoms with Crippen molar-refractivity contribution in [2.24, 2.45) is 5.92 Å². The largest absolute Gasteiger partial charge is 0.497 e. The molecule has 0 bridgehead atoms. The number of carbonyl (C=O) groups excluding carboxylic acids is 2. The van der Waals surface area contributed by atoms with Crippen molar-refractivity contribution in [1.82, 2.24) is 10.2 Å². The van der Waals surface area contributed by atoms with Crippen LogP contribution in [0.15, 0.2) is 18.2 Å². The topological polar surface area (TPSA) is 67.9 Å². The molecule has 0 saturated carbocycles. The zero-order valence-electron chi connectivity index (χ0n) is 17.0. The van der Waals surface area contributed by atoms with Gasteiger partial charge in [-0.3, -0.25) is 9.59 Å². The minimum Gasteiger partial charge on any atom is -0.497 e. The van der Waals surface area contributed by atoms with E-state index >= 15 is 0 Å². The van der Waals surface area contributed by atoms with Gasteiger partial charge < -0.3 is 19.7 Å². The van der Waals surface area contributed by atoms with Crippen LogP contribution < -0.4 is 14.8 Å². The molecule has 6 heteroatoms. The number of methoxy groups -OCH3 is 2. The van der Waals surface area contributed by atoms with Crippen LogP contribution in [0.5, 0.6) is 11.5 Å². The molecule has 1 rings (SSSR count). The summed E-state index contributed by atoms with van der Waals surface area (Å²) in [6.07, 6.45) is 1.93. The monoisotopic (exact) mass is 364 g/mol. The highest BCUT2D eigenvalue weighted by Crippen LogP contribution is 2.23. The van der Waals surface area contributed by atoms with Crippen molar-refractivity contribution in [2.45, 2.75) is 52.6 Å². The Kier molecular flexibility index (Phi) is 8.42. The van der Waals surface area contributed by atoms with Crippen LogP contribution in [0.4, 0.5) is 0 Å². The van der Waals surface area contributed by atoms with Crippen molar-refractivity contribution in [2.75, 3.05) is 21.3 Å². The van der Waals surface area contributed by atoms with E-state index < -0.39 is 6.04 Å². The van der Waals surface area contributed by atoms with E-state index in [1.165, 1.54) is 14.2 Å². The van der Waals surface area contributed by atoms with Gasteiger partial charge in [-0.15, -0.1) is 0 Å². The Labute approximate surface area is 156 Å². The average molecular weight is 364 g/mol. The molecule has 0 fully saturated rings. The predicted molar refractivity (Wildman–Crippen MR) is 103 cm³/mol. The SMILES string of the molecule is CCCC(C)N(C)C(=O)C(NC(=O)c1cc(OC)cc(OC)c1)C(C)C. The second-order valence-corrected chi connectivity index (χ2v) is 6.88. The van der Waals surface area contributed by atoms with Crippen LogP contribution in [0, 0.1) is 5.92 Å². The molecule has 1 aromatic carbocycles. The molecule has 2 amide bonds. The van der Waals surface area contributed by atoms with Crippen molar-refractivity contribution in [3.63, 3.8) is 0 Å². The maximum absolute atomic E-state index is 12.9. The number of amides is 2. The number of nitrogens with one attached hydrogen (secondary N) is 1. The smallest absolute Gasteiger partial charge is 0.252 e. The van der Waals surface area contributed by atoms with Crippen molar-refractivity contribution in [3.8, 4) is 11.5 Å². The van der Waals surface area contributed by atoms with Gasteiger partial charge in [-0.25, -0.2) is 0 Å². The zero-order chi connectivity index (χ0) is 19.9. The molecule has 0 saturated heterocycles. The fourth-order valence-electron chi connectivity index (χ4n) is 2.72. The minimum atomic E-state index is -0.594. The summed E-state index contributed by atoms with van der Waals surface area (Å²) >= 11 is 0. The molecule has 146 valence electrons. The van der Waals surface area contributed by atoms with Gasteiger partial charge in [0.05, 0.1) is 14.2 Å². The van der Waals surface area contributed by atoms with Crippen LogP contribution in [0.2, 0.25) is 0 Å². The summed E-state index contributed by atoms with van der Waals surface area (Å²) in [5.74, 6) is 0.608. The summed E-state index contributed by atoms with van der Waals surface area (Å²) in [6.45, 7) is 7.96. The first-order chi connectivity index (χ1) is 12.2. The predicted octanol–water partition coefficient (Wildman–Crippen LogP) is 3.11. The fourth-order valence-corrected chi connectivity index (χ4v) is 2.72. The van der Waals surface area contributed by atoms with Crippen LogP contribution in [-0.2, 0) is 4.79 Å². The maximum atomic E-state index is 12.9. The van der Waals surface area contributed by atoms with Crippen molar-refractivity contribution in [3.05, 3.63) is 23.8 Å². The molecule has 0 aliphatic rings. The molecule has 0 aliphatic heterocycles. The van der Waals surface area contributed by atoms with Gasteiger partial charge in [-0.1, -0.05) is 27.2 Å². The molecule has 1 N–H and O–H groups in total. The Hall–Kier alpha value is -2.24. The summed E-state index contributed by atoms with van der Waals surface area (Å²) in [5.41, 5.74) is 0.393. The van der Waals surface area contributed by atoms with Crippen LogP contribution in [0.1, 0.15) is 50.9 Å². The fraction of sp³-hybridized carbons (Fsp3) is 0.600. The lowest BCUT2D eigenvalue weighted by atomic mass is 10.0. The van der Waals surface area contributed by atoms with Crippen LogP contribution in [0.25, 0.3) is 0 Å². The Morgan fingerprint density at radius 2 is 1.62 bits per heavy atom. The average Bonchev–Trinajstić information content (AvgIpc) is 2.63. The van der Waals surface area contributed by atoms with Crippen LogP contribution >= 0.6 is 0 Å². The van der Waals surface area contributed by atoms with Crippen molar-refractivity contribution >= 4 is 11.8 Å². The first-order valence-electron chi connectivity index (χ1n) is 9.05. The van der Waals surface area contributed by atoms with E-state index in [1.54, 1.807) is 30.1 Å². The first-order valence-corrected chi connectivity index (χ1v) is 9.05. The summed E-state index contributed by atoms with van der Waals surface area (Å²) in [7, 11) is 4.85. The lowest BCUT2D eigenvalue weighted by Gasteiger charge is -2.31. The molecule has 2 atom stereocenters. The van der Waals surface area contributed by atoms with E-state index in [1.807, 2.05) is 20.8 Å². The maximum Gasteiger partial charge on any atom is 0.252 e. The highest BCUT2D eigenvalue weighted by molar-refractivity contribution is 5.98. The van der Waals surface area contributed by atoms with E-state index in [0.717, 1.165) is 12.8 Å². The number of hydrogen-bond acceptors (Lipinski definition) is 4. The van der Waals surface area contributed by atoms with E-state index in [-0.39, 0.29) is 23.8 Å². The van der Waals surface area contributed by atoms with Crippen molar-refractivity contribution < 1.29 is 19.1 Å². The highest BCUT2D eigenvalue weighted by atomic mass is 16.5. The number of carbonyl (C=O) groups is 2. The van der Waals surface area contributed by atoms with E-state index in [2.05, 4.69) is 12.2 Å². The number of nitrogens with zero attached hydrogens (tertiary/aromatic N) is 1. The zero-order valence-corrected chi connectivity index (χ0v) is 17.0. The van der Waals surface area contributed by atoms with Gasteiger partial charge >= 0.3 is 0 Å². The van der Waals surface area contributed by atoms with Gasteiger partial charge in [0.1, 0.15) is 17.5 Å². The van der Waals surface area contributed by atoms with E-state index in [0.29, 0.717) is 17.1 Å². The second kappa shape index (κ2) is 10.0. The van der Waals surface area contributed by atoms with Gasteiger partial charge in [-0.05, 0) is 31.4 Å². The normalized spacial score (nSPS) is 13.1. The number of rotatable bonds is 9. The summed E-state index contributed by atoms with van der Waals surface area (Å²) in [5, 5.41) is 2.87. The van der Waals surface area contributed by atoms with Crippen LogP contribution in [-0.4, -0.2) is 50.1 Å². The number of hydrogen-bond donors (Lipinski definition) is 1. The molecular weight excluding hydrogens is 332 g/mol. The van der Waals surface area contributed by atoms with E-state index in [9.17, 15) is 9.59 Å². The summed E-state index contributed by atoms with van der Waals surface area (Å²) < 4.78 is 10.4. The Bertz CT molecular complexity index is 594. The summed E-state index contributed by atoms with van der Waals surface area (Å²) in [6, 6.07) is 4.49. The lowest BCUT2D eigenvalue weighted by molar-refractivity contribution is -0.134. The standard InChI is InChI=1S/C20H32N2O4/c1-8-9-14(4)22(5)20(24)18(13(2)3)21-19(23)15-10-16(25-6)12-17(11-15)26-7/h10-14,18H,8-9H2,1-7H3,(H,21,23).